The summed E-state index contributed by atoms with van der Waals surface area (Å²) in [6.07, 6.45) is 3.10. The Kier molecular flexibility index (Phi) is 5.62. The summed E-state index contributed by atoms with van der Waals surface area (Å²) in [5.41, 5.74) is 2.94. The average molecular weight is 379 g/mol. The van der Waals surface area contributed by atoms with Gasteiger partial charge in [0.15, 0.2) is 0 Å². The van der Waals surface area contributed by atoms with Crippen molar-refractivity contribution in [3.05, 3.63) is 63.4 Å². The molecule has 132 valence electrons. The molecule has 1 saturated heterocycles. The third-order valence-corrected chi connectivity index (χ3v) is 5.28. The fourth-order valence-electron chi connectivity index (χ4n) is 3.31. The molecule has 1 fully saturated rings. The number of hydrogen-bond donors (Lipinski definition) is 1. The van der Waals surface area contributed by atoms with Crippen LogP contribution in [0.4, 0.5) is 0 Å². The molecule has 1 N–H and O–H groups in total. The minimum atomic E-state index is -0.714. The van der Waals surface area contributed by atoms with Gasteiger partial charge in [0.1, 0.15) is 0 Å². The number of pyridine rings is 1. The van der Waals surface area contributed by atoms with Crippen LogP contribution >= 0.6 is 23.2 Å². The SMILES string of the molecule is Cc1ccc([C@H](c2ccc(Cl)cc2Cl)N2CCC(C(=O)O)CC2)nc1. The predicted octanol–water partition coefficient (Wildman–Crippen LogP) is 4.58. The fraction of sp³-hybridized carbons (Fsp3) is 0.368. The van der Waals surface area contributed by atoms with Crippen molar-refractivity contribution in [2.45, 2.75) is 25.8 Å². The highest BCUT2D eigenvalue weighted by molar-refractivity contribution is 6.35. The van der Waals surface area contributed by atoms with Gasteiger partial charge < -0.3 is 5.11 Å². The Morgan fingerprint density at radius 2 is 1.96 bits per heavy atom. The molecule has 2 heterocycles. The number of benzene rings is 1. The van der Waals surface area contributed by atoms with Crippen LogP contribution in [-0.4, -0.2) is 34.0 Å². The molecule has 1 aliphatic heterocycles. The van der Waals surface area contributed by atoms with E-state index in [0.717, 1.165) is 16.8 Å². The van der Waals surface area contributed by atoms with Gasteiger partial charge >= 0.3 is 5.97 Å². The van der Waals surface area contributed by atoms with E-state index in [4.69, 9.17) is 23.2 Å². The van der Waals surface area contributed by atoms with Crippen LogP contribution in [0.3, 0.4) is 0 Å². The number of piperidine rings is 1. The molecular formula is C19H20Cl2N2O2. The van der Waals surface area contributed by atoms with Crippen molar-refractivity contribution in [1.82, 2.24) is 9.88 Å². The maximum Gasteiger partial charge on any atom is 0.306 e. The molecule has 0 aliphatic carbocycles. The van der Waals surface area contributed by atoms with Crippen molar-refractivity contribution in [3.63, 3.8) is 0 Å². The number of nitrogens with zero attached hydrogens (tertiary/aromatic N) is 2. The molecule has 25 heavy (non-hydrogen) atoms. The van der Waals surface area contributed by atoms with Crippen LogP contribution < -0.4 is 0 Å². The highest BCUT2D eigenvalue weighted by atomic mass is 35.5. The van der Waals surface area contributed by atoms with E-state index in [1.165, 1.54) is 0 Å². The number of halogens is 2. The van der Waals surface area contributed by atoms with E-state index in [-0.39, 0.29) is 12.0 Å². The molecular weight excluding hydrogens is 359 g/mol. The van der Waals surface area contributed by atoms with Gasteiger partial charge in [-0.15, -0.1) is 0 Å². The lowest BCUT2D eigenvalue weighted by Gasteiger charge is -2.36. The highest BCUT2D eigenvalue weighted by Crippen LogP contribution is 2.36. The number of aromatic nitrogens is 1. The van der Waals surface area contributed by atoms with Crippen LogP contribution in [0.25, 0.3) is 0 Å². The van der Waals surface area contributed by atoms with E-state index >= 15 is 0 Å². The summed E-state index contributed by atoms with van der Waals surface area (Å²) < 4.78 is 0. The largest absolute Gasteiger partial charge is 0.481 e. The lowest BCUT2D eigenvalue weighted by Crippen LogP contribution is -2.39. The molecule has 3 rings (SSSR count). The summed E-state index contributed by atoms with van der Waals surface area (Å²) in [6, 6.07) is 9.43. The molecule has 0 amide bonds. The van der Waals surface area contributed by atoms with Crippen molar-refractivity contribution in [2.24, 2.45) is 5.92 Å². The Balaban J connectivity index is 1.95. The summed E-state index contributed by atoms with van der Waals surface area (Å²) in [5.74, 6) is -0.988. The Labute approximate surface area is 157 Å². The third kappa shape index (κ3) is 4.14. The van der Waals surface area contributed by atoms with Gasteiger partial charge in [-0.2, -0.15) is 0 Å². The zero-order chi connectivity index (χ0) is 18.0. The van der Waals surface area contributed by atoms with Crippen LogP contribution in [0, 0.1) is 12.8 Å². The van der Waals surface area contributed by atoms with Crippen molar-refractivity contribution < 1.29 is 9.90 Å². The molecule has 1 atom stereocenters. The number of aryl methyl sites for hydroxylation is 1. The second-order valence-corrected chi connectivity index (χ2v) is 7.32. The van der Waals surface area contributed by atoms with E-state index in [0.29, 0.717) is 36.0 Å². The standard InChI is InChI=1S/C19H20Cl2N2O2/c1-12-2-5-17(22-11-12)18(15-4-3-14(20)10-16(15)21)23-8-6-13(7-9-23)19(24)25/h2-5,10-11,13,18H,6-9H2,1H3,(H,24,25)/t18-/m0/s1. The van der Waals surface area contributed by atoms with Crippen LogP contribution in [0.15, 0.2) is 36.5 Å². The van der Waals surface area contributed by atoms with Crippen molar-refractivity contribution in [3.8, 4) is 0 Å². The molecule has 0 spiro atoms. The zero-order valence-electron chi connectivity index (χ0n) is 14.0. The predicted molar refractivity (Wildman–Crippen MR) is 99.2 cm³/mol. The summed E-state index contributed by atoms with van der Waals surface area (Å²) in [6.45, 7) is 3.38. The Morgan fingerprint density at radius 3 is 2.52 bits per heavy atom. The van der Waals surface area contributed by atoms with E-state index in [1.807, 2.05) is 37.4 Å². The molecule has 4 nitrogen and oxygen atoms in total. The number of hydrogen-bond acceptors (Lipinski definition) is 3. The molecule has 1 aromatic carbocycles. The Bertz CT molecular complexity index is 757. The number of likely N-dealkylation sites (tertiary alicyclic amines) is 1. The second kappa shape index (κ2) is 7.73. The number of carbonyl (C=O) groups is 1. The van der Waals surface area contributed by atoms with Gasteiger partial charge in [-0.25, -0.2) is 0 Å². The monoisotopic (exact) mass is 378 g/mol. The second-order valence-electron chi connectivity index (χ2n) is 6.48. The van der Waals surface area contributed by atoms with E-state index in [1.54, 1.807) is 6.07 Å². The normalized spacial score (nSPS) is 17.4. The Morgan fingerprint density at radius 1 is 1.24 bits per heavy atom. The molecule has 2 aromatic rings. The van der Waals surface area contributed by atoms with Gasteiger partial charge in [-0.3, -0.25) is 14.7 Å². The summed E-state index contributed by atoms with van der Waals surface area (Å²) in [4.78, 5) is 18.1. The summed E-state index contributed by atoms with van der Waals surface area (Å²) in [5, 5.41) is 10.4. The number of carboxylic acids is 1. The van der Waals surface area contributed by atoms with Crippen molar-refractivity contribution >= 4 is 29.2 Å². The first-order valence-electron chi connectivity index (χ1n) is 8.30. The lowest BCUT2D eigenvalue weighted by atomic mass is 9.93. The zero-order valence-corrected chi connectivity index (χ0v) is 15.5. The minimum absolute atomic E-state index is 0.111. The van der Waals surface area contributed by atoms with E-state index < -0.39 is 5.97 Å². The number of aliphatic carboxylic acids is 1. The third-order valence-electron chi connectivity index (χ3n) is 4.72. The first-order chi connectivity index (χ1) is 12.0. The van der Waals surface area contributed by atoms with E-state index in [2.05, 4.69) is 9.88 Å². The molecule has 1 aliphatic rings. The van der Waals surface area contributed by atoms with Crippen LogP contribution in [0.2, 0.25) is 10.0 Å². The Hall–Kier alpha value is -1.62. The molecule has 0 saturated carbocycles. The van der Waals surface area contributed by atoms with E-state index in [9.17, 15) is 9.90 Å². The summed E-state index contributed by atoms with van der Waals surface area (Å²) >= 11 is 12.5. The average Bonchev–Trinajstić information content (AvgIpc) is 2.59. The molecule has 0 radical (unpaired) electrons. The quantitative estimate of drug-likeness (QED) is 0.845. The van der Waals surface area contributed by atoms with Crippen molar-refractivity contribution in [1.29, 1.82) is 0 Å². The number of rotatable bonds is 4. The smallest absolute Gasteiger partial charge is 0.306 e. The van der Waals surface area contributed by atoms with Crippen LogP contribution in [0.5, 0.6) is 0 Å². The van der Waals surface area contributed by atoms with Gasteiger partial charge in [0.2, 0.25) is 0 Å². The highest BCUT2D eigenvalue weighted by Gasteiger charge is 2.31. The van der Waals surface area contributed by atoms with Gasteiger partial charge in [-0.05, 0) is 62.2 Å². The van der Waals surface area contributed by atoms with Gasteiger partial charge in [0.25, 0.3) is 0 Å². The van der Waals surface area contributed by atoms with Crippen LogP contribution in [-0.2, 0) is 4.79 Å². The topological polar surface area (TPSA) is 53.4 Å². The lowest BCUT2D eigenvalue weighted by molar-refractivity contribution is -0.143. The van der Waals surface area contributed by atoms with Crippen LogP contribution in [0.1, 0.15) is 35.7 Å². The molecule has 1 aromatic heterocycles. The number of carboxylic acid groups (broad SMARTS) is 1. The van der Waals surface area contributed by atoms with Gasteiger partial charge in [0.05, 0.1) is 17.7 Å². The first kappa shape index (κ1) is 18.2. The maximum atomic E-state index is 11.2. The minimum Gasteiger partial charge on any atom is -0.481 e. The maximum absolute atomic E-state index is 11.2. The molecule has 0 unspecified atom stereocenters. The first-order valence-corrected chi connectivity index (χ1v) is 9.05. The van der Waals surface area contributed by atoms with Crippen molar-refractivity contribution in [2.75, 3.05) is 13.1 Å². The fourth-order valence-corrected chi connectivity index (χ4v) is 3.82. The molecule has 0 bridgehead atoms. The van der Waals surface area contributed by atoms with Gasteiger partial charge in [-0.1, -0.05) is 35.3 Å². The van der Waals surface area contributed by atoms with Gasteiger partial charge in [0, 0.05) is 16.2 Å². The summed E-state index contributed by atoms with van der Waals surface area (Å²) in [7, 11) is 0. The molecule has 6 heteroatoms.